The van der Waals surface area contributed by atoms with E-state index in [1.807, 2.05) is 12.1 Å². The van der Waals surface area contributed by atoms with Crippen molar-refractivity contribution in [3.8, 4) is 0 Å². The van der Waals surface area contributed by atoms with Gasteiger partial charge in [0.05, 0.1) is 0 Å². The monoisotopic (exact) mass is 614 g/mol. The fourth-order valence-electron chi connectivity index (χ4n) is 4.86. The second-order valence-corrected chi connectivity index (χ2v) is 23.5. The van der Waals surface area contributed by atoms with E-state index in [1.54, 1.807) is 3.58 Å². The third kappa shape index (κ3) is 13.8. The summed E-state index contributed by atoms with van der Waals surface area (Å²) < 4.78 is 5.77. The molecular weight excluding hydrogens is 559 g/mol. The Kier molecular flexibility index (Phi) is 19.7. The predicted octanol–water partition coefficient (Wildman–Crippen LogP) is 7.69. The molecule has 0 bridgehead atoms. The molecule has 1 unspecified atom stereocenters. The predicted molar refractivity (Wildman–Crippen MR) is 152 cm³/mol. The quantitative estimate of drug-likeness (QED) is 0.0435. The van der Waals surface area contributed by atoms with Gasteiger partial charge < -0.3 is 0 Å². The molecule has 6 nitrogen and oxygen atoms in total. The van der Waals surface area contributed by atoms with Crippen LogP contribution in [-0.2, 0) is 14.9 Å². The Morgan fingerprint density at radius 1 is 0.778 bits per heavy atom. The molecule has 1 atom stereocenters. The molecule has 1 amide bonds. The summed E-state index contributed by atoms with van der Waals surface area (Å²) in [6.07, 6.45) is 16.3. The molecule has 1 aromatic carbocycles. The fourth-order valence-corrected chi connectivity index (χ4v) is 20.8. The molecule has 3 N–H and O–H groups in total. The van der Waals surface area contributed by atoms with E-state index in [0.717, 1.165) is 12.8 Å². The first kappa shape index (κ1) is 33.4. The van der Waals surface area contributed by atoms with E-state index in [4.69, 9.17) is 15.6 Å². The molecule has 0 saturated heterocycles. The van der Waals surface area contributed by atoms with E-state index in [9.17, 15) is 4.79 Å². The van der Waals surface area contributed by atoms with E-state index in [1.165, 1.54) is 83.9 Å². The van der Waals surface area contributed by atoms with Gasteiger partial charge in [0.2, 0.25) is 0 Å². The zero-order valence-corrected chi connectivity index (χ0v) is 26.5. The van der Waals surface area contributed by atoms with Crippen LogP contribution in [0.5, 0.6) is 0 Å². The number of unbranched alkanes of at least 4 members (excludes halogenated alkanes) is 9. The van der Waals surface area contributed by atoms with Gasteiger partial charge in [-0.1, -0.05) is 45.4 Å². The van der Waals surface area contributed by atoms with Gasteiger partial charge >= 0.3 is 180 Å². The number of hydrogen-bond donors (Lipinski definition) is 2. The minimum atomic E-state index is -2.49. The third-order valence-corrected chi connectivity index (χ3v) is 22.9. The van der Waals surface area contributed by atoms with E-state index >= 15 is 0 Å². The molecule has 0 saturated carbocycles. The maximum absolute atomic E-state index is 12.5. The SMILES string of the molecule is CCCCCCCCCC(N)OOONC(=O)c1cc[c]([Sn]([CH2]CCC)([CH2]CCC)[CH2]CCC)cc1. The van der Waals surface area contributed by atoms with Crippen LogP contribution in [0.2, 0.25) is 13.3 Å². The summed E-state index contributed by atoms with van der Waals surface area (Å²) in [5.41, 5.74) is 8.73. The Hall–Kier alpha value is -0.671. The summed E-state index contributed by atoms with van der Waals surface area (Å²) in [4.78, 5) is 22.3. The number of rotatable bonds is 23. The van der Waals surface area contributed by atoms with Gasteiger partial charge in [-0.2, -0.15) is 0 Å². The number of carbonyl (C=O) groups excluding carboxylic acids is 1. The summed E-state index contributed by atoms with van der Waals surface area (Å²) in [6, 6.07) is 8.27. The number of nitrogens with two attached hydrogens (primary N) is 1. The molecule has 0 aliphatic rings. The van der Waals surface area contributed by atoms with Crippen molar-refractivity contribution >= 4 is 27.9 Å². The van der Waals surface area contributed by atoms with Crippen molar-refractivity contribution in [1.82, 2.24) is 5.48 Å². The Labute approximate surface area is 225 Å². The van der Waals surface area contributed by atoms with Crippen LogP contribution in [-0.4, -0.2) is 30.5 Å². The first-order chi connectivity index (χ1) is 17.5. The number of hydrogen-bond acceptors (Lipinski definition) is 5. The van der Waals surface area contributed by atoms with Crippen molar-refractivity contribution in [2.24, 2.45) is 5.73 Å². The van der Waals surface area contributed by atoms with E-state index in [2.05, 4.69) is 50.3 Å². The molecule has 0 spiro atoms. The molecule has 36 heavy (non-hydrogen) atoms. The van der Waals surface area contributed by atoms with Crippen molar-refractivity contribution in [3.05, 3.63) is 29.8 Å². The van der Waals surface area contributed by atoms with E-state index in [-0.39, 0.29) is 5.91 Å². The maximum atomic E-state index is 12.5. The van der Waals surface area contributed by atoms with Crippen LogP contribution >= 0.6 is 0 Å². The Bertz CT molecular complexity index is 650. The van der Waals surface area contributed by atoms with E-state index in [0.29, 0.717) is 12.0 Å². The van der Waals surface area contributed by atoms with Crippen molar-refractivity contribution in [2.75, 3.05) is 0 Å². The first-order valence-corrected chi connectivity index (χ1v) is 22.2. The van der Waals surface area contributed by atoms with Gasteiger partial charge in [0, 0.05) is 0 Å². The number of hydroxylamine groups is 1. The average Bonchev–Trinajstić information content (AvgIpc) is 2.90. The Morgan fingerprint density at radius 3 is 1.81 bits per heavy atom. The van der Waals surface area contributed by atoms with Crippen LogP contribution in [0.25, 0.3) is 0 Å². The van der Waals surface area contributed by atoms with Crippen LogP contribution in [0.1, 0.15) is 128 Å². The van der Waals surface area contributed by atoms with Crippen LogP contribution in [0.4, 0.5) is 0 Å². The standard InChI is InChI=1S/C17H27N2O4.3C4H9.Sn/c1-2-3-4-5-6-7-11-14-16(18)21-23-22-19-17(20)15-12-9-8-10-13-15;3*1-3-4-2;/h9-10,12-13,16H,2-7,11,14,18H2,1H3,(H,19,20);3*1,3-4H2,2H3;. The van der Waals surface area contributed by atoms with Crippen molar-refractivity contribution in [3.63, 3.8) is 0 Å². The van der Waals surface area contributed by atoms with Crippen LogP contribution in [0.3, 0.4) is 0 Å². The Balaban J connectivity index is 2.49. The normalized spacial score (nSPS) is 12.6. The van der Waals surface area contributed by atoms with Crippen LogP contribution in [0, 0.1) is 0 Å². The molecule has 0 aliphatic heterocycles. The molecule has 208 valence electrons. The molecule has 0 heterocycles. The number of benzene rings is 1. The van der Waals surface area contributed by atoms with Gasteiger partial charge in [0.25, 0.3) is 0 Å². The second-order valence-electron chi connectivity index (χ2n) is 10.3. The summed E-state index contributed by atoms with van der Waals surface area (Å²) in [5.74, 6) is -0.359. The number of amides is 1. The zero-order valence-electron chi connectivity index (χ0n) is 23.6. The summed E-state index contributed by atoms with van der Waals surface area (Å²) in [7, 11) is 0. The van der Waals surface area contributed by atoms with Gasteiger partial charge in [-0.15, -0.1) is 0 Å². The number of nitrogens with one attached hydrogen (secondary N) is 1. The molecule has 0 aromatic heterocycles. The summed E-state index contributed by atoms with van der Waals surface area (Å²) in [6.45, 7) is 9.09. The minimum absolute atomic E-state index is 0.359. The van der Waals surface area contributed by atoms with Crippen LogP contribution < -0.4 is 14.8 Å². The zero-order chi connectivity index (χ0) is 26.5. The van der Waals surface area contributed by atoms with Gasteiger partial charge in [-0.25, -0.2) is 0 Å². The summed E-state index contributed by atoms with van der Waals surface area (Å²) in [5, 5.41) is 4.66. The topological polar surface area (TPSA) is 82.8 Å². The number of carbonyl (C=O) groups is 1. The molecule has 0 aliphatic carbocycles. The molecule has 1 rings (SSSR count). The molecule has 0 radical (unpaired) electrons. The third-order valence-electron chi connectivity index (χ3n) is 7.21. The van der Waals surface area contributed by atoms with Crippen molar-refractivity contribution in [1.29, 1.82) is 0 Å². The molecule has 0 fully saturated rings. The van der Waals surface area contributed by atoms with Gasteiger partial charge in [-0.05, 0) is 0 Å². The summed E-state index contributed by atoms with van der Waals surface area (Å²) >= 11 is -2.49. The van der Waals surface area contributed by atoms with E-state index < -0.39 is 24.6 Å². The fraction of sp³-hybridized carbons (Fsp3) is 0.759. The van der Waals surface area contributed by atoms with Crippen molar-refractivity contribution in [2.45, 2.75) is 137 Å². The van der Waals surface area contributed by atoms with Gasteiger partial charge in [0.15, 0.2) is 0 Å². The van der Waals surface area contributed by atoms with Gasteiger partial charge in [-0.3, -0.25) is 0 Å². The van der Waals surface area contributed by atoms with Crippen molar-refractivity contribution < 1.29 is 19.7 Å². The average molecular weight is 613 g/mol. The molecular formula is C29H54N2O4Sn. The first-order valence-electron chi connectivity index (χ1n) is 14.7. The van der Waals surface area contributed by atoms with Gasteiger partial charge in [0.1, 0.15) is 0 Å². The molecule has 1 aromatic rings. The Morgan fingerprint density at radius 2 is 1.28 bits per heavy atom. The second kappa shape index (κ2) is 21.3. The molecule has 7 heteroatoms. The van der Waals surface area contributed by atoms with Crippen LogP contribution in [0.15, 0.2) is 24.3 Å².